The Morgan fingerprint density at radius 2 is 1.54 bits per heavy atom. The van der Waals surface area contributed by atoms with Crippen LogP contribution in [-0.4, -0.2) is 36.4 Å². The fourth-order valence-electron chi connectivity index (χ4n) is 2.36. The number of unbranched alkanes of at least 4 members (excludes halogenated alkanes) is 8. The number of carboxylic acids is 1. The molecule has 4 nitrogen and oxygen atoms in total. The van der Waals surface area contributed by atoms with Crippen LogP contribution in [0.2, 0.25) is 0 Å². The van der Waals surface area contributed by atoms with Crippen molar-refractivity contribution in [3.8, 4) is 0 Å². The number of nitrogens with one attached hydrogen (secondary N) is 1. The van der Waals surface area contributed by atoms with Gasteiger partial charge in [-0.15, -0.1) is 0 Å². The first-order valence-corrected chi connectivity index (χ1v) is 9.71. The molecule has 4 heteroatoms. The Morgan fingerprint density at radius 1 is 0.958 bits per heavy atom. The molecular formula is C20H41NO3. The lowest BCUT2D eigenvalue weighted by molar-refractivity contribution is -0.137. The highest BCUT2D eigenvalue weighted by Crippen LogP contribution is 2.10. The van der Waals surface area contributed by atoms with Crippen molar-refractivity contribution in [2.45, 2.75) is 96.5 Å². The molecule has 0 spiro atoms. The number of hydrogen-bond acceptors (Lipinski definition) is 3. The number of hydrogen-bond donors (Lipinski definition) is 3. The zero-order chi connectivity index (χ0) is 18.5. The SMILES string of the molecule is CCCCCC[C@@H](O)C/C=C\CCCCCCCC(=O)O.CNC. The second kappa shape index (κ2) is 22.1. The number of aliphatic hydroxyl groups is 1. The Kier molecular flexibility index (Phi) is 23.4. The normalized spacial score (nSPS) is 12.0. The maximum atomic E-state index is 10.3. The van der Waals surface area contributed by atoms with Crippen molar-refractivity contribution in [1.82, 2.24) is 5.32 Å². The number of allylic oxidation sites excluding steroid dienone is 1. The summed E-state index contributed by atoms with van der Waals surface area (Å²) in [5, 5.41) is 21.1. The van der Waals surface area contributed by atoms with E-state index in [9.17, 15) is 9.90 Å². The first-order chi connectivity index (χ1) is 11.6. The van der Waals surface area contributed by atoms with Gasteiger partial charge in [0.25, 0.3) is 0 Å². The fraction of sp³-hybridized carbons (Fsp3) is 0.850. The molecule has 0 aliphatic heterocycles. The third-order valence-electron chi connectivity index (χ3n) is 3.73. The first-order valence-electron chi connectivity index (χ1n) is 9.71. The van der Waals surface area contributed by atoms with Crippen LogP contribution >= 0.6 is 0 Å². The molecule has 0 aromatic carbocycles. The van der Waals surface area contributed by atoms with Crippen LogP contribution in [0, 0.1) is 0 Å². The number of carbonyl (C=O) groups is 1. The molecule has 0 saturated heterocycles. The van der Waals surface area contributed by atoms with Gasteiger partial charge in [-0.3, -0.25) is 4.79 Å². The van der Waals surface area contributed by atoms with Crippen molar-refractivity contribution in [3.63, 3.8) is 0 Å². The van der Waals surface area contributed by atoms with Crippen molar-refractivity contribution >= 4 is 5.97 Å². The zero-order valence-corrected chi connectivity index (χ0v) is 16.2. The highest BCUT2D eigenvalue weighted by Gasteiger charge is 2.00. The van der Waals surface area contributed by atoms with E-state index in [1.165, 1.54) is 25.7 Å². The molecule has 1 atom stereocenters. The van der Waals surface area contributed by atoms with Gasteiger partial charge < -0.3 is 15.5 Å². The van der Waals surface area contributed by atoms with Crippen LogP contribution in [0.15, 0.2) is 12.2 Å². The topological polar surface area (TPSA) is 69.6 Å². The molecule has 0 fully saturated rings. The molecule has 24 heavy (non-hydrogen) atoms. The summed E-state index contributed by atoms with van der Waals surface area (Å²) in [5.74, 6) is -0.689. The number of aliphatic hydroxyl groups excluding tert-OH is 1. The van der Waals surface area contributed by atoms with Gasteiger partial charge in [0.2, 0.25) is 0 Å². The molecule has 0 aliphatic carbocycles. The van der Waals surface area contributed by atoms with Crippen molar-refractivity contribution < 1.29 is 15.0 Å². The van der Waals surface area contributed by atoms with Gasteiger partial charge in [0.05, 0.1) is 6.10 Å². The van der Waals surface area contributed by atoms with Crippen LogP contribution in [0.5, 0.6) is 0 Å². The summed E-state index contributed by atoms with van der Waals surface area (Å²) in [6, 6.07) is 0. The third-order valence-corrected chi connectivity index (χ3v) is 3.73. The molecular weight excluding hydrogens is 302 g/mol. The largest absolute Gasteiger partial charge is 0.481 e. The number of carboxylic acid groups (broad SMARTS) is 1. The summed E-state index contributed by atoms with van der Waals surface area (Å²) >= 11 is 0. The molecule has 0 heterocycles. The smallest absolute Gasteiger partial charge is 0.303 e. The molecule has 0 radical (unpaired) electrons. The predicted octanol–water partition coefficient (Wildman–Crippen LogP) is 4.91. The molecule has 0 rings (SSSR count). The third kappa shape index (κ3) is 26.0. The van der Waals surface area contributed by atoms with Crippen molar-refractivity contribution in [2.24, 2.45) is 0 Å². The van der Waals surface area contributed by atoms with Crippen LogP contribution in [0.3, 0.4) is 0 Å². The molecule has 144 valence electrons. The van der Waals surface area contributed by atoms with Gasteiger partial charge >= 0.3 is 5.97 Å². The average molecular weight is 344 g/mol. The zero-order valence-electron chi connectivity index (χ0n) is 16.2. The highest BCUT2D eigenvalue weighted by molar-refractivity contribution is 5.66. The lowest BCUT2D eigenvalue weighted by Crippen LogP contribution is -2.04. The molecule has 0 amide bonds. The summed E-state index contributed by atoms with van der Waals surface area (Å²) in [6.45, 7) is 2.20. The summed E-state index contributed by atoms with van der Waals surface area (Å²) in [5.41, 5.74) is 0. The Morgan fingerprint density at radius 3 is 2.17 bits per heavy atom. The summed E-state index contributed by atoms with van der Waals surface area (Å²) in [4.78, 5) is 10.3. The van der Waals surface area contributed by atoms with Crippen LogP contribution in [0.25, 0.3) is 0 Å². The van der Waals surface area contributed by atoms with E-state index in [1.54, 1.807) is 0 Å². The van der Waals surface area contributed by atoms with Gasteiger partial charge in [-0.25, -0.2) is 0 Å². The molecule has 0 saturated carbocycles. The van der Waals surface area contributed by atoms with E-state index >= 15 is 0 Å². The minimum Gasteiger partial charge on any atom is -0.481 e. The van der Waals surface area contributed by atoms with Gasteiger partial charge in [-0.1, -0.05) is 64.0 Å². The van der Waals surface area contributed by atoms with Crippen molar-refractivity contribution in [3.05, 3.63) is 12.2 Å². The van der Waals surface area contributed by atoms with E-state index in [0.717, 1.165) is 51.4 Å². The standard InChI is InChI=1S/C18H34O3.C2H7N/c1-2-3-4-11-14-17(19)15-12-9-7-5-6-8-10-13-16-18(20)21;1-3-2/h9,12,17,19H,2-8,10-11,13-16H2,1H3,(H,20,21);3H,1-2H3/b12-9-;/t17-;/m1./s1. The van der Waals surface area contributed by atoms with Crippen molar-refractivity contribution in [2.75, 3.05) is 14.1 Å². The molecule has 0 aromatic rings. The van der Waals surface area contributed by atoms with E-state index in [-0.39, 0.29) is 6.10 Å². The Balaban J connectivity index is 0. The van der Waals surface area contributed by atoms with Crippen LogP contribution in [0.1, 0.15) is 90.4 Å². The average Bonchev–Trinajstić information content (AvgIpc) is 2.54. The molecule has 0 unspecified atom stereocenters. The van der Waals surface area contributed by atoms with Crippen LogP contribution < -0.4 is 5.32 Å². The number of aliphatic carboxylic acids is 1. The van der Waals surface area contributed by atoms with Gasteiger partial charge in [-0.05, 0) is 46.2 Å². The highest BCUT2D eigenvalue weighted by atomic mass is 16.4. The van der Waals surface area contributed by atoms with E-state index in [2.05, 4.69) is 24.4 Å². The Labute approximate surface area is 149 Å². The summed E-state index contributed by atoms with van der Waals surface area (Å²) in [7, 11) is 3.75. The predicted molar refractivity (Wildman–Crippen MR) is 103 cm³/mol. The summed E-state index contributed by atoms with van der Waals surface area (Å²) in [6.07, 6.45) is 17.4. The lowest BCUT2D eigenvalue weighted by atomic mass is 10.1. The minimum atomic E-state index is -0.689. The fourth-order valence-corrected chi connectivity index (χ4v) is 2.36. The van der Waals surface area contributed by atoms with Crippen molar-refractivity contribution in [1.29, 1.82) is 0 Å². The van der Waals surface area contributed by atoms with Gasteiger partial charge in [0, 0.05) is 6.42 Å². The van der Waals surface area contributed by atoms with E-state index < -0.39 is 5.97 Å². The molecule has 0 aromatic heterocycles. The molecule has 0 bridgehead atoms. The van der Waals surface area contributed by atoms with E-state index in [0.29, 0.717) is 6.42 Å². The summed E-state index contributed by atoms with van der Waals surface area (Å²) < 4.78 is 0. The number of rotatable bonds is 15. The van der Waals surface area contributed by atoms with Gasteiger partial charge in [0.1, 0.15) is 0 Å². The second-order valence-electron chi connectivity index (χ2n) is 6.41. The van der Waals surface area contributed by atoms with Crippen LogP contribution in [-0.2, 0) is 4.79 Å². The second-order valence-corrected chi connectivity index (χ2v) is 6.41. The maximum Gasteiger partial charge on any atom is 0.303 e. The molecule has 0 aliphatic rings. The van der Waals surface area contributed by atoms with E-state index in [4.69, 9.17) is 5.11 Å². The molecule has 3 N–H and O–H groups in total. The quantitative estimate of drug-likeness (QED) is 0.292. The monoisotopic (exact) mass is 343 g/mol. The lowest BCUT2D eigenvalue weighted by Gasteiger charge is -2.07. The van der Waals surface area contributed by atoms with Gasteiger partial charge in [-0.2, -0.15) is 0 Å². The first kappa shape index (κ1) is 25.4. The van der Waals surface area contributed by atoms with Gasteiger partial charge in [0.15, 0.2) is 0 Å². The van der Waals surface area contributed by atoms with Crippen LogP contribution in [0.4, 0.5) is 0 Å². The Bertz CT molecular complexity index is 280. The maximum absolute atomic E-state index is 10.3. The minimum absolute atomic E-state index is 0.172. The Hall–Kier alpha value is -0.870. The van der Waals surface area contributed by atoms with E-state index in [1.807, 2.05) is 14.1 Å².